The maximum absolute atomic E-state index is 14.3. The van der Waals surface area contributed by atoms with Crippen molar-refractivity contribution in [2.45, 2.75) is 34.2 Å². The molecule has 8 nitrogen and oxygen atoms in total. The second-order valence-electron chi connectivity index (χ2n) is 10.2. The number of ether oxygens (including phenoxy) is 1. The summed E-state index contributed by atoms with van der Waals surface area (Å²) in [5.74, 6) is -0.575. The zero-order valence-corrected chi connectivity index (χ0v) is 26.8. The highest BCUT2D eigenvalue weighted by Crippen LogP contribution is 2.50. The van der Waals surface area contributed by atoms with E-state index in [-0.39, 0.29) is 24.3 Å². The molecular formula is C34H34N4O4S2. The first-order valence-corrected chi connectivity index (χ1v) is 16.0. The standard InChI is InChI=1S/C34H34N4O4S2/c1-5-35-28-17-16-27(22(2)39)20-29(28)36-34-38(21-25-12-8-6-9-13-25)32(41)31(44-34)33-37(18-19-42-24(4)40)30(23(3)43-33)26-14-10-7-11-15-26/h6-17,20,35H,5,18-19,21H2,1-4H3/b33-31-,36-34?. The monoisotopic (exact) mass is 626 g/mol. The molecule has 1 amide bonds. The number of allylic oxidation sites excluding steroid dienone is 1. The number of ketones is 1. The lowest BCUT2D eigenvalue weighted by atomic mass is 10.1. The van der Waals surface area contributed by atoms with E-state index in [9.17, 15) is 14.4 Å². The Kier molecular flexibility index (Phi) is 9.92. The number of nitrogens with zero attached hydrogens (tertiary/aromatic N) is 3. The van der Waals surface area contributed by atoms with E-state index in [1.165, 1.54) is 37.4 Å². The topological polar surface area (TPSA) is 91.3 Å². The number of esters is 1. The third-order valence-corrected chi connectivity index (χ3v) is 9.31. The zero-order valence-electron chi connectivity index (χ0n) is 25.1. The second kappa shape index (κ2) is 14.0. The number of amidine groups is 1. The molecule has 0 saturated carbocycles. The van der Waals surface area contributed by atoms with Crippen molar-refractivity contribution in [3.63, 3.8) is 0 Å². The smallest absolute Gasteiger partial charge is 0.302 e. The van der Waals surface area contributed by atoms with Crippen molar-refractivity contribution in [2.24, 2.45) is 4.99 Å². The quantitative estimate of drug-likeness (QED) is 0.143. The first-order valence-electron chi connectivity index (χ1n) is 14.4. The number of nitrogens with one attached hydrogen (secondary N) is 1. The molecule has 0 atom stereocenters. The average molecular weight is 627 g/mol. The van der Waals surface area contributed by atoms with Crippen LogP contribution in [0.25, 0.3) is 5.70 Å². The van der Waals surface area contributed by atoms with E-state index in [1.54, 1.807) is 17.0 Å². The summed E-state index contributed by atoms with van der Waals surface area (Å²) in [6.07, 6.45) is 0. The highest BCUT2D eigenvalue weighted by atomic mass is 32.2. The molecule has 0 unspecified atom stereocenters. The SMILES string of the molecule is CCNc1ccc(C(C)=O)cc1N=C1S/C(=C2\SC(C)=C(c3ccccc3)N2CCOC(C)=O)C(=O)N1Cc1ccccc1. The molecule has 226 valence electrons. The number of thioether (sulfide) groups is 2. The van der Waals surface area contributed by atoms with Crippen LogP contribution in [0.5, 0.6) is 0 Å². The van der Waals surface area contributed by atoms with Gasteiger partial charge in [0.05, 0.1) is 35.2 Å². The molecule has 2 aliphatic heterocycles. The number of Topliss-reactive ketones (excluding diaryl/α,β-unsaturated/α-hetero) is 1. The van der Waals surface area contributed by atoms with Crippen LogP contribution in [0.15, 0.2) is 98.7 Å². The summed E-state index contributed by atoms with van der Waals surface area (Å²) in [5.41, 5.74) is 4.86. The molecule has 1 N–H and O–H groups in total. The van der Waals surface area contributed by atoms with Gasteiger partial charge in [0.1, 0.15) is 11.5 Å². The van der Waals surface area contributed by atoms with Crippen molar-refractivity contribution in [1.82, 2.24) is 9.80 Å². The summed E-state index contributed by atoms with van der Waals surface area (Å²) in [7, 11) is 0. The Balaban J connectivity index is 1.61. The number of benzene rings is 3. The lowest BCUT2D eigenvalue weighted by molar-refractivity contribution is -0.141. The molecule has 0 aromatic heterocycles. The average Bonchev–Trinajstić information content (AvgIpc) is 3.49. The lowest BCUT2D eigenvalue weighted by Gasteiger charge is -2.24. The molecule has 1 fully saturated rings. The van der Waals surface area contributed by atoms with Crippen molar-refractivity contribution in [3.05, 3.63) is 110 Å². The Morgan fingerprint density at radius 1 is 0.932 bits per heavy atom. The lowest BCUT2D eigenvalue weighted by Crippen LogP contribution is -2.30. The maximum atomic E-state index is 14.3. The van der Waals surface area contributed by atoms with Gasteiger partial charge in [0.2, 0.25) is 0 Å². The summed E-state index contributed by atoms with van der Waals surface area (Å²) in [6, 6.07) is 25.2. The third-order valence-electron chi connectivity index (χ3n) is 6.99. The fourth-order valence-corrected chi connectivity index (χ4v) is 7.28. The van der Waals surface area contributed by atoms with Crippen molar-refractivity contribution < 1.29 is 19.1 Å². The Morgan fingerprint density at radius 2 is 1.64 bits per heavy atom. The molecule has 0 aliphatic carbocycles. The Labute approximate surface area is 266 Å². The second-order valence-corrected chi connectivity index (χ2v) is 12.4. The van der Waals surface area contributed by atoms with E-state index in [2.05, 4.69) is 10.2 Å². The molecule has 5 rings (SSSR count). The van der Waals surface area contributed by atoms with Gasteiger partial charge in [0.15, 0.2) is 11.0 Å². The van der Waals surface area contributed by atoms with Crippen LogP contribution in [0.4, 0.5) is 11.4 Å². The van der Waals surface area contributed by atoms with Gasteiger partial charge in [-0.15, -0.1) is 0 Å². The minimum atomic E-state index is -0.355. The molecule has 0 spiro atoms. The van der Waals surface area contributed by atoms with E-state index in [0.29, 0.717) is 41.0 Å². The maximum Gasteiger partial charge on any atom is 0.302 e. The number of hydrogen-bond donors (Lipinski definition) is 1. The molecular weight excluding hydrogens is 593 g/mol. The fourth-order valence-electron chi connectivity index (χ4n) is 4.97. The summed E-state index contributed by atoms with van der Waals surface area (Å²) >= 11 is 2.85. The van der Waals surface area contributed by atoms with Crippen LogP contribution in [0.2, 0.25) is 0 Å². The molecule has 3 aromatic carbocycles. The van der Waals surface area contributed by atoms with Gasteiger partial charge in [0.25, 0.3) is 5.91 Å². The minimum Gasteiger partial charge on any atom is -0.464 e. The largest absolute Gasteiger partial charge is 0.464 e. The summed E-state index contributed by atoms with van der Waals surface area (Å²) in [4.78, 5) is 48.5. The van der Waals surface area contributed by atoms with E-state index in [4.69, 9.17) is 9.73 Å². The van der Waals surface area contributed by atoms with E-state index < -0.39 is 0 Å². The van der Waals surface area contributed by atoms with Gasteiger partial charge in [-0.1, -0.05) is 72.4 Å². The van der Waals surface area contributed by atoms with Crippen LogP contribution in [-0.4, -0.2) is 52.3 Å². The van der Waals surface area contributed by atoms with Gasteiger partial charge < -0.3 is 15.0 Å². The van der Waals surface area contributed by atoms with Gasteiger partial charge >= 0.3 is 5.97 Å². The third kappa shape index (κ3) is 6.92. The van der Waals surface area contributed by atoms with Crippen molar-refractivity contribution in [2.75, 3.05) is 25.0 Å². The number of aliphatic imine (C=N–C) groups is 1. The van der Waals surface area contributed by atoms with Crippen molar-refractivity contribution in [3.8, 4) is 0 Å². The number of amides is 1. The van der Waals surface area contributed by atoms with Gasteiger partial charge in [-0.05, 0) is 61.9 Å². The predicted octanol–water partition coefficient (Wildman–Crippen LogP) is 7.25. The molecule has 10 heteroatoms. The first-order chi connectivity index (χ1) is 21.3. The predicted molar refractivity (Wildman–Crippen MR) is 179 cm³/mol. The fraction of sp³-hybridized carbons (Fsp3) is 0.235. The normalized spacial score (nSPS) is 17.5. The number of anilines is 1. The summed E-state index contributed by atoms with van der Waals surface area (Å²) in [6.45, 7) is 8.52. The van der Waals surface area contributed by atoms with E-state index >= 15 is 0 Å². The number of hydrogen-bond acceptors (Lipinski definition) is 9. The summed E-state index contributed by atoms with van der Waals surface area (Å²) in [5, 5.41) is 4.62. The molecule has 2 heterocycles. The van der Waals surface area contributed by atoms with Crippen LogP contribution < -0.4 is 5.32 Å². The van der Waals surface area contributed by atoms with Crippen LogP contribution in [0.1, 0.15) is 49.2 Å². The van der Waals surface area contributed by atoms with Gasteiger partial charge in [-0.25, -0.2) is 4.99 Å². The van der Waals surface area contributed by atoms with E-state index in [1.807, 2.05) is 80.6 Å². The molecule has 0 bridgehead atoms. The first kappa shape index (κ1) is 31.2. The highest BCUT2D eigenvalue weighted by Gasteiger charge is 2.40. The Bertz CT molecular complexity index is 1670. The Hall–Kier alpha value is -4.28. The van der Waals surface area contributed by atoms with Crippen LogP contribution in [0, 0.1) is 0 Å². The minimum absolute atomic E-state index is 0.0608. The van der Waals surface area contributed by atoms with Crippen LogP contribution >= 0.6 is 23.5 Å². The molecule has 44 heavy (non-hydrogen) atoms. The number of carbonyl (C=O) groups excluding carboxylic acids is 3. The molecule has 0 radical (unpaired) electrons. The van der Waals surface area contributed by atoms with Crippen molar-refractivity contribution in [1.29, 1.82) is 0 Å². The summed E-state index contributed by atoms with van der Waals surface area (Å²) < 4.78 is 5.33. The van der Waals surface area contributed by atoms with Gasteiger partial charge in [-0.3, -0.25) is 19.3 Å². The number of carbonyl (C=O) groups is 3. The van der Waals surface area contributed by atoms with Crippen molar-refractivity contribution >= 4 is 63.4 Å². The van der Waals surface area contributed by atoms with Crippen LogP contribution in [0.3, 0.4) is 0 Å². The van der Waals surface area contributed by atoms with Crippen LogP contribution in [-0.2, 0) is 20.9 Å². The number of rotatable bonds is 10. The van der Waals surface area contributed by atoms with Gasteiger partial charge in [0, 0.05) is 23.9 Å². The zero-order chi connectivity index (χ0) is 31.2. The molecule has 3 aromatic rings. The van der Waals surface area contributed by atoms with E-state index in [0.717, 1.165) is 32.4 Å². The molecule has 2 aliphatic rings. The highest BCUT2D eigenvalue weighted by molar-refractivity contribution is 8.19. The Morgan fingerprint density at radius 3 is 2.30 bits per heavy atom. The molecule has 1 saturated heterocycles. The van der Waals surface area contributed by atoms with Gasteiger partial charge in [-0.2, -0.15) is 0 Å².